The molecule has 3 heterocycles. The van der Waals surface area contributed by atoms with Crippen molar-refractivity contribution in [3.8, 4) is 0 Å². The van der Waals surface area contributed by atoms with Crippen LogP contribution in [0.3, 0.4) is 0 Å². The highest BCUT2D eigenvalue weighted by Crippen LogP contribution is 2.24. The Morgan fingerprint density at radius 1 is 1.28 bits per heavy atom. The first-order chi connectivity index (χ1) is 12.0. The Morgan fingerprint density at radius 3 is 2.64 bits per heavy atom. The number of hydrogen-bond donors (Lipinski definition) is 1. The van der Waals surface area contributed by atoms with E-state index in [-0.39, 0.29) is 24.2 Å². The zero-order valence-electron chi connectivity index (χ0n) is 15.5. The zero-order chi connectivity index (χ0) is 17.8. The molecule has 6 heteroatoms. The first kappa shape index (κ1) is 18.1. The van der Waals surface area contributed by atoms with Gasteiger partial charge in [0.2, 0.25) is 0 Å². The molecule has 1 aromatic heterocycles. The van der Waals surface area contributed by atoms with Gasteiger partial charge in [-0.15, -0.1) is 0 Å². The van der Waals surface area contributed by atoms with Gasteiger partial charge in [0.1, 0.15) is 0 Å². The van der Waals surface area contributed by atoms with Crippen molar-refractivity contribution in [2.75, 3.05) is 26.2 Å². The zero-order valence-corrected chi connectivity index (χ0v) is 15.5. The molecule has 0 spiro atoms. The van der Waals surface area contributed by atoms with Gasteiger partial charge in [0.25, 0.3) is 0 Å². The van der Waals surface area contributed by atoms with Gasteiger partial charge in [0.05, 0.1) is 18.8 Å². The van der Waals surface area contributed by atoms with Crippen LogP contribution in [0.5, 0.6) is 0 Å². The van der Waals surface area contributed by atoms with Crippen molar-refractivity contribution in [2.45, 2.75) is 57.8 Å². The van der Waals surface area contributed by atoms with Gasteiger partial charge in [-0.2, -0.15) is 0 Å². The summed E-state index contributed by atoms with van der Waals surface area (Å²) in [5.74, 6) is 0. The lowest BCUT2D eigenvalue weighted by atomic mass is 10.0. The maximum atomic E-state index is 12.6. The molecule has 0 bridgehead atoms. The second-order valence-electron chi connectivity index (χ2n) is 7.36. The molecule has 2 aliphatic rings. The Kier molecular flexibility index (Phi) is 5.91. The fraction of sp³-hybridized carbons (Fsp3) is 0.684. The first-order valence-corrected chi connectivity index (χ1v) is 9.37. The number of nitrogens with one attached hydrogen (secondary N) is 1. The molecule has 0 radical (unpaired) electrons. The smallest absolute Gasteiger partial charge is 0.318 e. The Balaban J connectivity index is 1.48. The quantitative estimate of drug-likeness (QED) is 0.913. The fourth-order valence-corrected chi connectivity index (χ4v) is 3.73. The van der Waals surface area contributed by atoms with Crippen LogP contribution in [0.2, 0.25) is 0 Å². The monoisotopic (exact) mass is 346 g/mol. The van der Waals surface area contributed by atoms with Gasteiger partial charge in [-0.1, -0.05) is 0 Å². The van der Waals surface area contributed by atoms with Crippen LogP contribution in [0.4, 0.5) is 4.79 Å². The number of piperidine rings is 1. The highest BCUT2D eigenvalue weighted by Gasteiger charge is 2.30. The summed E-state index contributed by atoms with van der Waals surface area (Å²) in [6.45, 7) is 9.61. The number of carbonyl (C=O) groups excluding carboxylic acids is 1. The Bertz CT molecular complexity index is 560. The summed E-state index contributed by atoms with van der Waals surface area (Å²) < 4.78 is 5.61. The average Bonchev–Trinajstić information content (AvgIpc) is 2.64. The van der Waals surface area contributed by atoms with E-state index in [0.717, 1.165) is 25.9 Å². The lowest BCUT2D eigenvalue weighted by Crippen LogP contribution is -2.56. The summed E-state index contributed by atoms with van der Waals surface area (Å²) in [5.41, 5.74) is 1.30. The number of nitrogens with zero attached hydrogens (tertiary/aromatic N) is 3. The number of aromatic nitrogens is 1. The van der Waals surface area contributed by atoms with Crippen LogP contribution < -0.4 is 5.32 Å². The third-order valence-electron chi connectivity index (χ3n) is 5.46. The topological polar surface area (TPSA) is 57.7 Å². The van der Waals surface area contributed by atoms with Crippen molar-refractivity contribution in [1.29, 1.82) is 0 Å². The predicted octanol–water partition coefficient (Wildman–Crippen LogP) is 2.43. The van der Waals surface area contributed by atoms with Gasteiger partial charge in [-0.05, 0) is 51.3 Å². The van der Waals surface area contributed by atoms with E-state index in [4.69, 9.17) is 4.74 Å². The van der Waals surface area contributed by atoms with Crippen LogP contribution in [0.1, 0.15) is 45.2 Å². The van der Waals surface area contributed by atoms with E-state index in [2.05, 4.69) is 34.3 Å². The van der Waals surface area contributed by atoms with Crippen molar-refractivity contribution in [3.05, 3.63) is 30.1 Å². The predicted molar refractivity (Wildman–Crippen MR) is 97.4 cm³/mol. The molecule has 2 saturated heterocycles. The number of morpholine rings is 1. The van der Waals surface area contributed by atoms with Crippen LogP contribution in [-0.4, -0.2) is 65.2 Å². The molecule has 3 rings (SSSR count). The van der Waals surface area contributed by atoms with E-state index in [9.17, 15) is 4.79 Å². The Hall–Kier alpha value is -1.66. The summed E-state index contributed by atoms with van der Waals surface area (Å²) in [7, 11) is 0. The molecule has 2 aliphatic heterocycles. The molecule has 25 heavy (non-hydrogen) atoms. The Labute approximate surface area is 150 Å². The maximum absolute atomic E-state index is 12.6. The minimum atomic E-state index is 0.0586. The molecule has 0 aromatic carbocycles. The molecule has 2 fully saturated rings. The highest BCUT2D eigenvalue weighted by molar-refractivity contribution is 5.75. The third kappa shape index (κ3) is 4.50. The van der Waals surface area contributed by atoms with E-state index in [1.807, 2.05) is 31.1 Å². The molecule has 0 saturated carbocycles. The molecule has 1 aromatic rings. The summed E-state index contributed by atoms with van der Waals surface area (Å²) >= 11 is 0. The standard InChI is InChI=1S/C19H30N4O2/c1-14-13-25-15(2)12-23(14)19(24)21-18-6-10-22(11-7-18)16(3)17-4-8-20-9-5-17/h4-5,8-9,14-16,18H,6-7,10-13H2,1-3H3,(H,21,24)/t14-,15+,16+/m0/s1. The number of urea groups is 1. The average molecular weight is 346 g/mol. The van der Waals surface area contributed by atoms with Crippen LogP contribution in [0.25, 0.3) is 0 Å². The lowest BCUT2D eigenvalue weighted by Gasteiger charge is -2.40. The summed E-state index contributed by atoms with van der Waals surface area (Å²) in [6, 6.07) is 5.02. The van der Waals surface area contributed by atoms with Gasteiger partial charge in [0.15, 0.2) is 0 Å². The van der Waals surface area contributed by atoms with Crippen LogP contribution in [-0.2, 0) is 4.74 Å². The van der Waals surface area contributed by atoms with E-state index < -0.39 is 0 Å². The molecular weight excluding hydrogens is 316 g/mol. The lowest BCUT2D eigenvalue weighted by molar-refractivity contribution is -0.0324. The molecule has 0 unspecified atom stereocenters. The Morgan fingerprint density at radius 2 is 1.96 bits per heavy atom. The van der Waals surface area contributed by atoms with Gasteiger partial charge < -0.3 is 15.0 Å². The van der Waals surface area contributed by atoms with E-state index >= 15 is 0 Å². The van der Waals surface area contributed by atoms with Gasteiger partial charge in [-0.25, -0.2) is 4.79 Å². The van der Waals surface area contributed by atoms with Gasteiger partial charge in [0, 0.05) is 44.1 Å². The maximum Gasteiger partial charge on any atom is 0.318 e. The minimum absolute atomic E-state index is 0.0586. The number of amides is 2. The summed E-state index contributed by atoms with van der Waals surface area (Å²) in [6.07, 6.45) is 5.81. The molecule has 0 aliphatic carbocycles. The number of carbonyl (C=O) groups is 1. The van der Waals surface area contributed by atoms with Crippen molar-refractivity contribution in [1.82, 2.24) is 20.1 Å². The van der Waals surface area contributed by atoms with Crippen molar-refractivity contribution >= 4 is 6.03 Å². The second kappa shape index (κ2) is 8.15. The number of ether oxygens (including phenoxy) is 1. The molecular formula is C19H30N4O2. The van der Waals surface area contributed by atoms with E-state index in [1.165, 1.54) is 5.56 Å². The molecule has 138 valence electrons. The summed E-state index contributed by atoms with van der Waals surface area (Å²) in [5, 5.41) is 3.23. The number of rotatable bonds is 3. The number of likely N-dealkylation sites (tertiary alicyclic amines) is 1. The van der Waals surface area contributed by atoms with E-state index in [0.29, 0.717) is 19.2 Å². The van der Waals surface area contributed by atoms with E-state index in [1.54, 1.807) is 0 Å². The third-order valence-corrected chi connectivity index (χ3v) is 5.46. The molecule has 1 N–H and O–H groups in total. The summed E-state index contributed by atoms with van der Waals surface area (Å²) in [4.78, 5) is 21.1. The van der Waals surface area contributed by atoms with Crippen molar-refractivity contribution in [2.24, 2.45) is 0 Å². The highest BCUT2D eigenvalue weighted by atomic mass is 16.5. The van der Waals surface area contributed by atoms with Crippen LogP contribution in [0, 0.1) is 0 Å². The number of hydrogen-bond acceptors (Lipinski definition) is 4. The molecule has 2 amide bonds. The van der Waals surface area contributed by atoms with Gasteiger partial charge >= 0.3 is 6.03 Å². The van der Waals surface area contributed by atoms with Gasteiger partial charge in [-0.3, -0.25) is 9.88 Å². The van der Waals surface area contributed by atoms with Crippen molar-refractivity contribution < 1.29 is 9.53 Å². The van der Waals surface area contributed by atoms with Crippen LogP contribution >= 0.6 is 0 Å². The minimum Gasteiger partial charge on any atom is -0.375 e. The molecule has 3 atom stereocenters. The fourth-order valence-electron chi connectivity index (χ4n) is 3.73. The normalized spacial score (nSPS) is 27.1. The van der Waals surface area contributed by atoms with Crippen LogP contribution in [0.15, 0.2) is 24.5 Å². The largest absolute Gasteiger partial charge is 0.375 e. The van der Waals surface area contributed by atoms with Crippen molar-refractivity contribution in [3.63, 3.8) is 0 Å². The molecule has 6 nitrogen and oxygen atoms in total. The number of pyridine rings is 1. The first-order valence-electron chi connectivity index (χ1n) is 9.37. The second-order valence-corrected chi connectivity index (χ2v) is 7.36. The SMILES string of the molecule is C[C@@H]1CN(C(=O)NC2CCN([C@H](C)c3ccncc3)CC2)[C@@H](C)CO1.